The van der Waals surface area contributed by atoms with Gasteiger partial charge in [-0.15, -0.1) is 0 Å². The van der Waals surface area contributed by atoms with Gasteiger partial charge in [-0.3, -0.25) is 0 Å². The van der Waals surface area contributed by atoms with E-state index in [1.165, 1.54) is 18.4 Å². The fourth-order valence-electron chi connectivity index (χ4n) is 2.46. The van der Waals surface area contributed by atoms with Crippen LogP contribution < -0.4 is 5.32 Å². The summed E-state index contributed by atoms with van der Waals surface area (Å²) in [4.78, 5) is 0. The van der Waals surface area contributed by atoms with Crippen molar-refractivity contribution < 1.29 is 4.74 Å². The van der Waals surface area contributed by atoms with E-state index in [0.29, 0.717) is 12.0 Å². The van der Waals surface area contributed by atoms with Crippen LogP contribution >= 0.6 is 0 Å². The molecule has 1 N–H and O–H groups in total. The van der Waals surface area contributed by atoms with Gasteiger partial charge < -0.3 is 10.1 Å². The fraction of sp³-hybridized carbons (Fsp3) is 0.571. The van der Waals surface area contributed by atoms with Gasteiger partial charge in [0.15, 0.2) is 0 Å². The summed E-state index contributed by atoms with van der Waals surface area (Å²) in [6, 6.07) is 10.8. The third-order valence-electron chi connectivity index (χ3n) is 3.29. The molecule has 2 nitrogen and oxygen atoms in total. The number of ether oxygens (including phenoxy) is 1. The summed E-state index contributed by atoms with van der Waals surface area (Å²) < 4.78 is 5.72. The minimum absolute atomic E-state index is 0.471. The molecule has 1 aliphatic heterocycles. The number of nitrogens with one attached hydrogen (secondary N) is 1. The van der Waals surface area contributed by atoms with E-state index in [1.807, 2.05) is 7.05 Å². The van der Waals surface area contributed by atoms with Crippen molar-refractivity contribution in [1.29, 1.82) is 0 Å². The molecular formula is C14H21NO. The third kappa shape index (κ3) is 3.06. The highest BCUT2D eigenvalue weighted by atomic mass is 16.5. The minimum atomic E-state index is 0.471. The molecule has 0 bridgehead atoms. The van der Waals surface area contributed by atoms with Crippen LogP contribution in [0, 0.1) is 0 Å². The average molecular weight is 219 g/mol. The monoisotopic (exact) mass is 219 g/mol. The van der Waals surface area contributed by atoms with E-state index in [1.54, 1.807) is 0 Å². The van der Waals surface area contributed by atoms with Crippen LogP contribution in [0.4, 0.5) is 0 Å². The largest absolute Gasteiger partial charge is 0.378 e. The first kappa shape index (κ1) is 11.6. The lowest BCUT2D eigenvalue weighted by atomic mass is 9.92. The smallest absolute Gasteiger partial charge is 0.0582 e. The van der Waals surface area contributed by atoms with Crippen LogP contribution in [0.3, 0.4) is 0 Å². The van der Waals surface area contributed by atoms with Gasteiger partial charge in [-0.25, -0.2) is 0 Å². The van der Waals surface area contributed by atoms with E-state index in [0.717, 1.165) is 19.6 Å². The first-order valence-corrected chi connectivity index (χ1v) is 6.21. The van der Waals surface area contributed by atoms with Gasteiger partial charge in [0.05, 0.1) is 6.10 Å². The summed E-state index contributed by atoms with van der Waals surface area (Å²) in [6.07, 6.45) is 4.07. The molecule has 1 aromatic carbocycles. The second-order valence-corrected chi connectivity index (χ2v) is 4.54. The second kappa shape index (κ2) is 6.02. The van der Waals surface area contributed by atoms with Crippen LogP contribution in [0.5, 0.6) is 0 Å². The van der Waals surface area contributed by atoms with E-state index < -0.39 is 0 Å². The molecule has 1 aliphatic rings. The van der Waals surface area contributed by atoms with Crippen molar-refractivity contribution in [2.75, 3.05) is 20.2 Å². The molecule has 2 rings (SSSR count). The Morgan fingerprint density at radius 2 is 2.19 bits per heavy atom. The van der Waals surface area contributed by atoms with Crippen molar-refractivity contribution >= 4 is 0 Å². The predicted molar refractivity (Wildman–Crippen MR) is 66.7 cm³/mol. The quantitative estimate of drug-likeness (QED) is 0.821. The Bertz CT molecular complexity index is 293. The second-order valence-electron chi connectivity index (χ2n) is 4.54. The Labute approximate surface area is 98.0 Å². The molecule has 1 fully saturated rings. The van der Waals surface area contributed by atoms with Gasteiger partial charge in [0.2, 0.25) is 0 Å². The highest BCUT2D eigenvalue weighted by molar-refractivity contribution is 5.20. The van der Waals surface area contributed by atoms with Crippen LogP contribution in [0.25, 0.3) is 0 Å². The molecule has 88 valence electrons. The van der Waals surface area contributed by atoms with Crippen molar-refractivity contribution in [3.05, 3.63) is 35.9 Å². The molecule has 0 saturated carbocycles. The van der Waals surface area contributed by atoms with Gasteiger partial charge in [-0.2, -0.15) is 0 Å². The zero-order valence-corrected chi connectivity index (χ0v) is 9.99. The van der Waals surface area contributed by atoms with Gasteiger partial charge in [-0.05, 0) is 37.8 Å². The molecule has 1 saturated heterocycles. The number of rotatable bonds is 5. The van der Waals surface area contributed by atoms with Gasteiger partial charge >= 0.3 is 0 Å². The maximum Gasteiger partial charge on any atom is 0.0582 e. The molecule has 1 aromatic rings. The van der Waals surface area contributed by atoms with Gasteiger partial charge in [0.25, 0.3) is 0 Å². The molecule has 2 unspecified atom stereocenters. The standard InChI is InChI=1S/C14H21NO/c1-15-11-13(10-14-8-5-9-16-14)12-6-3-2-4-7-12/h2-4,6-7,13-15H,5,8-11H2,1H3. The van der Waals surface area contributed by atoms with Gasteiger partial charge in [0.1, 0.15) is 0 Å². The zero-order valence-electron chi connectivity index (χ0n) is 9.99. The Balaban J connectivity index is 1.99. The highest BCUT2D eigenvalue weighted by Gasteiger charge is 2.21. The van der Waals surface area contributed by atoms with Crippen molar-refractivity contribution in [3.63, 3.8) is 0 Å². The summed E-state index contributed by atoms with van der Waals surface area (Å²) in [7, 11) is 2.02. The lowest BCUT2D eigenvalue weighted by molar-refractivity contribution is 0.0978. The van der Waals surface area contributed by atoms with E-state index in [9.17, 15) is 0 Å². The van der Waals surface area contributed by atoms with Crippen LogP contribution in [0.1, 0.15) is 30.7 Å². The molecule has 1 heterocycles. The first-order valence-electron chi connectivity index (χ1n) is 6.21. The normalized spacial score (nSPS) is 22.2. The van der Waals surface area contributed by atoms with Crippen LogP contribution in [0.2, 0.25) is 0 Å². The SMILES string of the molecule is CNCC(CC1CCCO1)c1ccccc1. The van der Waals surface area contributed by atoms with E-state index in [4.69, 9.17) is 4.74 Å². The summed E-state index contributed by atoms with van der Waals surface area (Å²) in [5, 5.41) is 3.28. The Kier molecular flexibility index (Phi) is 4.37. The molecule has 0 aromatic heterocycles. The molecule has 2 atom stereocenters. The maximum absolute atomic E-state index is 5.72. The molecule has 0 amide bonds. The summed E-state index contributed by atoms with van der Waals surface area (Å²) in [5.41, 5.74) is 1.42. The molecule has 0 aliphatic carbocycles. The average Bonchev–Trinajstić information content (AvgIpc) is 2.83. The Hall–Kier alpha value is -0.860. The van der Waals surface area contributed by atoms with Crippen LogP contribution in [0.15, 0.2) is 30.3 Å². The van der Waals surface area contributed by atoms with Crippen molar-refractivity contribution in [3.8, 4) is 0 Å². The summed E-state index contributed by atoms with van der Waals surface area (Å²) in [5.74, 6) is 0.578. The lowest BCUT2D eigenvalue weighted by Gasteiger charge is -2.20. The van der Waals surface area contributed by atoms with Gasteiger partial charge in [0, 0.05) is 13.2 Å². The Morgan fingerprint density at radius 1 is 1.38 bits per heavy atom. The third-order valence-corrected chi connectivity index (χ3v) is 3.29. The number of benzene rings is 1. The first-order chi connectivity index (χ1) is 7.90. The van der Waals surface area contributed by atoms with Gasteiger partial charge in [-0.1, -0.05) is 30.3 Å². The molecule has 2 heteroatoms. The fourth-order valence-corrected chi connectivity index (χ4v) is 2.46. The number of hydrogen-bond acceptors (Lipinski definition) is 2. The van der Waals surface area contributed by atoms with Crippen LogP contribution in [-0.2, 0) is 4.74 Å². The molecule has 0 spiro atoms. The topological polar surface area (TPSA) is 21.3 Å². The Morgan fingerprint density at radius 3 is 2.81 bits per heavy atom. The molecule has 16 heavy (non-hydrogen) atoms. The molecular weight excluding hydrogens is 198 g/mol. The minimum Gasteiger partial charge on any atom is -0.378 e. The highest BCUT2D eigenvalue weighted by Crippen LogP contribution is 2.26. The predicted octanol–water partition coefficient (Wildman–Crippen LogP) is 2.56. The number of likely N-dealkylation sites (N-methyl/N-ethyl adjacent to an activating group) is 1. The summed E-state index contributed by atoms with van der Waals surface area (Å²) in [6.45, 7) is 1.98. The van der Waals surface area contributed by atoms with Crippen LogP contribution in [-0.4, -0.2) is 26.3 Å². The zero-order chi connectivity index (χ0) is 11.2. The lowest BCUT2D eigenvalue weighted by Crippen LogP contribution is -2.21. The molecule has 0 radical (unpaired) electrons. The van der Waals surface area contributed by atoms with Crippen molar-refractivity contribution in [2.45, 2.75) is 31.3 Å². The van der Waals surface area contributed by atoms with E-state index in [2.05, 4.69) is 35.6 Å². The maximum atomic E-state index is 5.72. The number of hydrogen-bond donors (Lipinski definition) is 1. The van der Waals surface area contributed by atoms with Crippen molar-refractivity contribution in [2.24, 2.45) is 0 Å². The van der Waals surface area contributed by atoms with E-state index >= 15 is 0 Å². The van der Waals surface area contributed by atoms with E-state index in [-0.39, 0.29) is 0 Å². The summed E-state index contributed by atoms with van der Waals surface area (Å²) >= 11 is 0. The van der Waals surface area contributed by atoms with Crippen molar-refractivity contribution in [1.82, 2.24) is 5.32 Å².